The largest absolute Gasteiger partial charge is 0.339 e. The first kappa shape index (κ1) is 13.0. The number of piperazine rings is 1. The molecular formula is C12H18N6O2. The van der Waals surface area contributed by atoms with Gasteiger partial charge in [0.1, 0.15) is 12.9 Å². The minimum Gasteiger partial charge on any atom is -0.339 e. The number of amides is 2. The van der Waals surface area contributed by atoms with Gasteiger partial charge in [-0.25, -0.2) is 4.68 Å². The number of hydrogen-bond acceptors (Lipinski definition) is 5. The van der Waals surface area contributed by atoms with Gasteiger partial charge in [0.15, 0.2) is 0 Å². The second-order valence-corrected chi connectivity index (χ2v) is 5.53. The third-order valence-corrected chi connectivity index (χ3v) is 4.06. The predicted molar refractivity (Wildman–Crippen MR) is 68.2 cm³/mol. The minimum atomic E-state index is -0.0100. The lowest BCUT2D eigenvalue weighted by molar-refractivity contribution is -0.140. The monoisotopic (exact) mass is 278 g/mol. The summed E-state index contributed by atoms with van der Waals surface area (Å²) >= 11 is 0. The first-order valence-corrected chi connectivity index (χ1v) is 6.92. The van der Waals surface area contributed by atoms with E-state index in [-0.39, 0.29) is 24.3 Å². The molecule has 1 saturated heterocycles. The molecule has 20 heavy (non-hydrogen) atoms. The van der Waals surface area contributed by atoms with Crippen LogP contribution in [0.2, 0.25) is 0 Å². The Morgan fingerprint density at radius 3 is 2.40 bits per heavy atom. The summed E-state index contributed by atoms with van der Waals surface area (Å²) in [4.78, 5) is 27.8. The SMILES string of the molecule is CC1CC1C(=O)N1CCN(C(=O)Cn2cnnn2)CC1. The van der Waals surface area contributed by atoms with Crippen molar-refractivity contribution in [3.63, 3.8) is 0 Å². The number of carbonyl (C=O) groups is 2. The maximum Gasteiger partial charge on any atom is 0.244 e. The fourth-order valence-corrected chi connectivity index (χ4v) is 2.57. The van der Waals surface area contributed by atoms with E-state index in [0.29, 0.717) is 32.1 Å². The summed E-state index contributed by atoms with van der Waals surface area (Å²) in [6.45, 7) is 4.70. The Hall–Kier alpha value is -1.99. The molecule has 8 nitrogen and oxygen atoms in total. The van der Waals surface area contributed by atoms with Crippen LogP contribution in [0, 0.1) is 11.8 Å². The van der Waals surface area contributed by atoms with Gasteiger partial charge in [0, 0.05) is 32.1 Å². The Labute approximate surface area is 116 Å². The first-order valence-electron chi connectivity index (χ1n) is 6.92. The zero-order chi connectivity index (χ0) is 14.1. The van der Waals surface area contributed by atoms with Crippen LogP contribution < -0.4 is 0 Å². The van der Waals surface area contributed by atoms with E-state index in [2.05, 4.69) is 22.4 Å². The van der Waals surface area contributed by atoms with E-state index in [0.717, 1.165) is 6.42 Å². The summed E-state index contributed by atoms with van der Waals surface area (Å²) in [5.74, 6) is 0.995. The highest BCUT2D eigenvalue weighted by Crippen LogP contribution is 2.39. The zero-order valence-electron chi connectivity index (χ0n) is 11.5. The molecule has 8 heteroatoms. The highest BCUT2D eigenvalue weighted by Gasteiger charge is 2.42. The molecule has 2 heterocycles. The van der Waals surface area contributed by atoms with Crippen LogP contribution in [-0.4, -0.2) is 68.0 Å². The molecule has 1 aromatic rings. The molecule has 1 aromatic heterocycles. The third-order valence-electron chi connectivity index (χ3n) is 4.06. The van der Waals surface area contributed by atoms with Gasteiger partial charge in [0.05, 0.1) is 0 Å². The van der Waals surface area contributed by atoms with Crippen molar-refractivity contribution in [2.24, 2.45) is 11.8 Å². The van der Waals surface area contributed by atoms with Crippen molar-refractivity contribution in [1.29, 1.82) is 0 Å². The van der Waals surface area contributed by atoms with Crippen LogP contribution >= 0.6 is 0 Å². The zero-order valence-corrected chi connectivity index (χ0v) is 11.5. The minimum absolute atomic E-state index is 0.0100. The normalized spacial score (nSPS) is 25.6. The fourth-order valence-electron chi connectivity index (χ4n) is 2.57. The molecule has 108 valence electrons. The van der Waals surface area contributed by atoms with Gasteiger partial charge in [-0.3, -0.25) is 9.59 Å². The Kier molecular flexibility index (Phi) is 3.37. The number of carbonyl (C=O) groups excluding carboxylic acids is 2. The van der Waals surface area contributed by atoms with Crippen molar-refractivity contribution >= 4 is 11.8 Å². The fraction of sp³-hybridized carbons (Fsp3) is 0.750. The predicted octanol–water partition coefficient (Wildman–Crippen LogP) is -1.00. The van der Waals surface area contributed by atoms with Crippen molar-refractivity contribution in [1.82, 2.24) is 30.0 Å². The molecule has 1 saturated carbocycles. The van der Waals surface area contributed by atoms with Crippen LogP contribution in [0.1, 0.15) is 13.3 Å². The number of nitrogens with zero attached hydrogens (tertiary/aromatic N) is 6. The van der Waals surface area contributed by atoms with E-state index in [1.165, 1.54) is 11.0 Å². The van der Waals surface area contributed by atoms with E-state index in [1.54, 1.807) is 4.90 Å². The van der Waals surface area contributed by atoms with Crippen LogP contribution in [0.5, 0.6) is 0 Å². The Bertz CT molecular complexity index is 494. The van der Waals surface area contributed by atoms with Crippen LogP contribution in [0.25, 0.3) is 0 Å². The lowest BCUT2D eigenvalue weighted by atomic mass is 10.2. The van der Waals surface area contributed by atoms with Gasteiger partial charge < -0.3 is 9.80 Å². The summed E-state index contributed by atoms with van der Waals surface area (Å²) < 4.78 is 1.41. The number of aromatic nitrogens is 4. The molecule has 2 aliphatic rings. The third kappa shape index (κ3) is 2.63. The molecule has 2 amide bonds. The van der Waals surface area contributed by atoms with E-state index in [4.69, 9.17) is 0 Å². The highest BCUT2D eigenvalue weighted by atomic mass is 16.2. The molecule has 0 bridgehead atoms. The molecule has 0 aromatic carbocycles. The van der Waals surface area contributed by atoms with E-state index in [9.17, 15) is 9.59 Å². The molecule has 1 aliphatic carbocycles. The van der Waals surface area contributed by atoms with E-state index < -0.39 is 0 Å². The lowest BCUT2D eigenvalue weighted by Crippen LogP contribution is -2.51. The molecule has 2 fully saturated rings. The Balaban J connectivity index is 1.48. The van der Waals surface area contributed by atoms with Crippen molar-refractivity contribution in [2.45, 2.75) is 19.9 Å². The van der Waals surface area contributed by atoms with Gasteiger partial charge in [-0.1, -0.05) is 6.92 Å². The molecular weight excluding hydrogens is 260 g/mol. The first-order chi connectivity index (χ1) is 9.65. The number of rotatable bonds is 3. The Morgan fingerprint density at radius 2 is 1.85 bits per heavy atom. The van der Waals surface area contributed by atoms with E-state index in [1.807, 2.05) is 4.90 Å². The molecule has 2 atom stereocenters. The number of hydrogen-bond donors (Lipinski definition) is 0. The Morgan fingerprint density at radius 1 is 1.20 bits per heavy atom. The maximum atomic E-state index is 12.1. The molecule has 0 N–H and O–H groups in total. The molecule has 0 radical (unpaired) electrons. The van der Waals surface area contributed by atoms with Crippen LogP contribution in [0.15, 0.2) is 6.33 Å². The topological polar surface area (TPSA) is 84.2 Å². The van der Waals surface area contributed by atoms with Crippen LogP contribution in [-0.2, 0) is 16.1 Å². The molecule has 1 aliphatic heterocycles. The molecule has 2 unspecified atom stereocenters. The van der Waals surface area contributed by atoms with Crippen molar-refractivity contribution in [2.75, 3.05) is 26.2 Å². The van der Waals surface area contributed by atoms with Gasteiger partial charge in [-0.2, -0.15) is 0 Å². The summed E-state index contributed by atoms with van der Waals surface area (Å²) in [6.07, 6.45) is 2.43. The quantitative estimate of drug-likeness (QED) is 0.708. The molecule has 3 rings (SSSR count). The van der Waals surface area contributed by atoms with Crippen molar-refractivity contribution in [3.05, 3.63) is 6.33 Å². The summed E-state index contributed by atoms with van der Waals surface area (Å²) in [5, 5.41) is 10.7. The standard InChI is InChI=1S/C12H18N6O2/c1-9-6-10(9)12(20)17-4-2-16(3-5-17)11(19)7-18-8-13-14-15-18/h8-10H,2-7H2,1H3. The second kappa shape index (κ2) is 5.18. The lowest BCUT2D eigenvalue weighted by Gasteiger charge is -2.35. The van der Waals surface area contributed by atoms with Gasteiger partial charge >= 0.3 is 0 Å². The second-order valence-electron chi connectivity index (χ2n) is 5.53. The van der Waals surface area contributed by atoms with Crippen molar-refractivity contribution < 1.29 is 9.59 Å². The van der Waals surface area contributed by atoms with Gasteiger partial charge in [-0.15, -0.1) is 5.10 Å². The summed E-state index contributed by atoms with van der Waals surface area (Å²) in [7, 11) is 0. The molecule has 0 spiro atoms. The van der Waals surface area contributed by atoms with Crippen LogP contribution in [0.3, 0.4) is 0 Å². The average Bonchev–Trinajstić information content (AvgIpc) is 2.97. The maximum absolute atomic E-state index is 12.1. The summed E-state index contributed by atoms with van der Waals surface area (Å²) in [5.41, 5.74) is 0. The van der Waals surface area contributed by atoms with E-state index >= 15 is 0 Å². The highest BCUT2D eigenvalue weighted by molar-refractivity contribution is 5.82. The van der Waals surface area contributed by atoms with Gasteiger partial charge in [0.25, 0.3) is 0 Å². The van der Waals surface area contributed by atoms with Gasteiger partial charge in [-0.05, 0) is 22.8 Å². The summed E-state index contributed by atoms with van der Waals surface area (Å²) in [6, 6.07) is 0. The smallest absolute Gasteiger partial charge is 0.244 e. The number of tetrazole rings is 1. The van der Waals surface area contributed by atoms with Crippen LogP contribution in [0.4, 0.5) is 0 Å². The van der Waals surface area contributed by atoms with Gasteiger partial charge in [0.2, 0.25) is 11.8 Å². The average molecular weight is 278 g/mol. The van der Waals surface area contributed by atoms with Crippen molar-refractivity contribution in [3.8, 4) is 0 Å².